The molecule has 0 aromatic carbocycles. The third-order valence-corrected chi connectivity index (χ3v) is 4.26. The van der Waals surface area contributed by atoms with Gasteiger partial charge in [-0.1, -0.05) is 19.4 Å². The van der Waals surface area contributed by atoms with Gasteiger partial charge >= 0.3 is 0 Å². The van der Waals surface area contributed by atoms with Crippen LogP contribution in [0.2, 0.25) is 0 Å². The molecule has 0 aliphatic carbocycles. The second kappa shape index (κ2) is 6.37. The minimum absolute atomic E-state index is 0.207. The van der Waals surface area contributed by atoms with Crippen LogP contribution in [0.1, 0.15) is 30.7 Å². The first kappa shape index (κ1) is 13.7. The zero-order valence-electron chi connectivity index (χ0n) is 9.77. The van der Waals surface area contributed by atoms with Crippen molar-refractivity contribution in [3.05, 3.63) is 22.4 Å². The molecule has 92 valence electrons. The van der Waals surface area contributed by atoms with Gasteiger partial charge in [-0.25, -0.2) is 8.42 Å². The monoisotopic (exact) mass is 261 g/mol. The SMILES string of the molecule is CCCC(NCCS(C)(=O)=O)c1cccs1. The summed E-state index contributed by atoms with van der Waals surface area (Å²) in [5.41, 5.74) is 0. The van der Waals surface area contributed by atoms with Crippen LogP contribution in [0.15, 0.2) is 17.5 Å². The Morgan fingerprint density at radius 1 is 1.50 bits per heavy atom. The molecule has 3 nitrogen and oxygen atoms in total. The van der Waals surface area contributed by atoms with Gasteiger partial charge in [0.15, 0.2) is 0 Å². The summed E-state index contributed by atoms with van der Waals surface area (Å²) in [6.07, 6.45) is 3.41. The molecule has 1 N–H and O–H groups in total. The van der Waals surface area contributed by atoms with Gasteiger partial charge in [-0.15, -0.1) is 11.3 Å². The maximum atomic E-state index is 11.0. The van der Waals surface area contributed by atoms with Crippen LogP contribution in [0.25, 0.3) is 0 Å². The van der Waals surface area contributed by atoms with E-state index in [9.17, 15) is 8.42 Å². The predicted molar refractivity (Wildman–Crippen MR) is 69.7 cm³/mol. The number of hydrogen-bond donors (Lipinski definition) is 1. The van der Waals surface area contributed by atoms with Gasteiger partial charge in [0.05, 0.1) is 5.75 Å². The summed E-state index contributed by atoms with van der Waals surface area (Å²) in [5, 5.41) is 5.36. The maximum Gasteiger partial charge on any atom is 0.148 e. The first-order valence-electron chi connectivity index (χ1n) is 5.47. The molecule has 0 bridgehead atoms. The van der Waals surface area contributed by atoms with E-state index in [0.717, 1.165) is 12.8 Å². The fourth-order valence-corrected chi connectivity index (χ4v) is 2.87. The molecule has 1 heterocycles. The first-order valence-corrected chi connectivity index (χ1v) is 8.41. The second-order valence-corrected chi connectivity index (χ2v) is 7.18. The Hall–Kier alpha value is -0.390. The van der Waals surface area contributed by atoms with E-state index in [4.69, 9.17) is 0 Å². The quantitative estimate of drug-likeness (QED) is 0.818. The molecule has 0 amide bonds. The Labute approximate surface area is 102 Å². The standard InChI is InChI=1S/C11H19NO2S2/c1-3-5-10(11-6-4-8-15-11)12-7-9-16(2,13)14/h4,6,8,10,12H,3,5,7,9H2,1-2H3. The van der Waals surface area contributed by atoms with Crippen LogP contribution in [0.4, 0.5) is 0 Å². The highest BCUT2D eigenvalue weighted by Crippen LogP contribution is 2.22. The summed E-state index contributed by atoms with van der Waals surface area (Å²) in [6.45, 7) is 2.67. The van der Waals surface area contributed by atoms with Crippen LogP contribution in [0, 0.1) is 0 Å². The molecule has 0 spiro atoms. The van der Waals surface area contributed by atoms with Crippen LogP contribution in [-0.4, -0.2) is 27.0 Å². The van der Waals surface area contributed by atoms with Crippen LogP contribution >= 0.6 is 11.3 Å². The van der Waals surface area contributed by atoms with Gasteiger partial charge in [-0.2, -0.15) is 0 Å². The topological polar surface area (TPSA) is 46.2 Å². The van der Waals surface area contributed by atoms with Crippen LogP contribution < -0.4 is 5.32 Å². The van der Waals surface area contributed by atoms with Crippen LogP contribution in [0.5, 0.6) is 0 Å². The molecule has 0 aliphatic heterocycles. The molecule has 16 heavy (non-hydrogen) atoms. The third kappa shape index (κ3) is 5.09. The molecule has 1 aromatic heterocycles. The molecule has 0 saturated carbocycles. The summed E-state index contributed by atoms with van der Waals surface area (Å²) in [4.78, 5) is 1.29. The Kier molecular flexibility index (Phi) is 5.44. The maximum absolute atomic E-state index is 11.0. The summed E-state index contributed by atoms with van der Waals surface area (Å²) in [5.74, 6) is 0.207. The van der Waals surface area contributed by atoms with Crippen LogP contribution in [0.3, 0.4) is 0 Å². The normalized spacial score (nSPS) is 13.9. The Balaban J connectivity index is 2.47. The number of sulfone groups is 1. The van der Waals surface area contributed by atoms with Gasteiger partial charge in [-0.3, -0.25) is 0 Å². The van der Waals surface area contributed by atoms with Crippen molar-refractivity contribution in [3.63, 3.8) is 0 Å². The molecule has 5 heteroatoms. The van der Waals surface area contributed by atoms with Crippen molar-refractivity contribution in [2.75, 3.05) is 18.6 Å². The minimum atomic E-state index is -2.86. The van der Waals surface area contributed by atoms with E-state index in [1.54, 1.807) is 11.3 Å². The Morgan fingerprint density at radius 3 is 2.75 bits per heavy atom. The van der Waals surface area contributed by atoms with Gasteiger partial charge in [0, 0.05) is 23.7 Å². The van der Waals surface area contributed by atoms with Crippen molar-refractivity contribution >= 4 is 21.2 Å². The largest absolute Gasteiger partial charge is 0.308 e. The van der Waals surface area contributed by atoms with E-state index >= 15 is 0 Å². The van der Waals surface area contributed by atoms with Gasteiger partial charge in [0.1, 0.15) is 9.84 Å². The summed E-state index contributed by atoms with van der Waals surface area (Å²) < 4.78 is 22.0. The van der Waals surface area contributed by atoms with Crippen LogP contribution in [-0.2, 0) is 9.84 Å². The average molecular weight is 261 g/mol. The summed E-state index contributed by atoms with van der Waals surface area (Å²) in [6, 6.07) is 4.42. The molecular weight excluding hydrogens is 242 g/mol. The van der Waals surface area contributed by atoms with Crippen molar-refractivity contribution < 1.29 is 8.42 Å². The Morgan fingerprint density at radius 2 is 2.25 bits per heavy atom. The minimum Gasteiger partial charge on any atom is -0.308 e. The van der Waals surface area contributed by atoms with E-state index in [-0.39, 0.29) is 5.75 Å². The van der Waals surface area contributed by atoms with Gasteiger partial charge in [0.25, 0.3) is 0 Å². The molecule has 0 radical (unpaired) electrons. The predicted octanol–water partition coefficient (Wildman–Crippen LogP) is 2.22. The summed E-state index contributed by atoms with van der Waals surface area (Å²) in [7, 11) is -2.86. The molecule has 1 aromatic rings. The lowest BCUT2D eigenvalue weighted by Gasteiger charge is -2.16. The van der Waals surface area contributed by atoms with Crippen molar-refractivity contribution in [1.29, 1.82) is 0 Å². The van der Waals surface area contributed by atoms with Gasteiger partial charge < -0.3 is 5.32 Å². The second-order valence-electron chi connectivity index (χ2n) is 3.94. The number of nitrogens with one attached hydrogen (secondary N) is 1. The molecule has 1 rings (SSSR count). The smallest absolute Gasteiger partial charge is 0.148 e. The fourth-order valence-electron chi connectivity index (χ4n) is 1.54. The number of rotatable bonds is 7. The first-order chi connectivity index (χ1) is 7.53. The lowest BCUT2D eigenvalue weighted by atomic mass is 10.1. The van der Waals surface area contributed by atoms with E-state index in [1.807, 2.05) is 6.07 Å². The zero-order chi connectivity index (χ0) is 12.0. The van der Waals surface area contributed by atoms with Gasteiger partial charge in [0.2, 0.25) is 0 Å². The Bertz CT molecular complexity index is 384. The molecule has 1 unspecified atom stereocenters. The highest BCUT2D eigenvalue weighted by atomic mass is 32.2. The highest BCUT2D eigenvalue weighted by Gasteiger charge is 2.11. The van der Waals surface area contributed by atoms with Gasteiger partial charge in [-0.05, 0) is 17.9 Å². The zero-order valence-corrected chi connectivity index (χ0v) is 11.4. The highest BCUT2D eigenvalue weighted by molar-refractivity contribution is 7.90. The average Bonchev–Trinajstić information content (AvgIpc) is 2.67. The molecule has 0 fully saturated rings. The van der Waals surface area contributed by atoms with E-state index in [0.29, 0.717) is 12.6 Å². The van der Waals surface area contributed by atoms with E-state index < -0.39 is 9.84 Å². The molecular formula is C11H19NO2S2. The van der Waals surface area contributed by atoms with E-state index in [2.05, 4.69) is 23.7 Å². The number of thiophene rings is 1. The lowest BCUT2D eigenvalue weighted by Crippen LogP contribution is -2.26. The van der Waals surface area contributed by atoms with Crippen molar-refractivity contribution in [1.82, 2.24) is 5.32 Å². The molecule has 0 aliphatic rings. The fraction of sp³-hybridized carbons (Fsp3) is 0.636. The van der Waals surface area contributed by atoms with E-state index in [1.165, 1.54) is 11.1 Å². The third-order valence-electron chi connectivity index (χ3n) is 2.33. The summed E-state index contributed by atoms with van der Waals surface area (Å²) >= 11 is 1.72. The lowest BCUT2D eigenvalue weighted by molar-refractivity contribution is 0.514. The van der Waals surface area contributed by atoms with Crippen molar-refractivity contribution in [3.8, 4) is 0 Å². The number of hydrogen-bond acceptors (Lipinski definition) is 4. The van der Waals surface area contributed by atoms with Crippen molar-refractivity contribution in [2.24, 2.45) is 0 Å². The molecule has 1 atom stereocenters. The van der Waals surface area contributed by atoms with Crippen molar-refractivity contribution in [2.45, 2.75) is 25.8 Å². The molecule has 0 saturated heterocycles.